The molecular weight excluding hydrogens is 591 g/mol. The van der Waals surface area contributed by atoms with Crippen LogP contribution in [0.25, 0.3) is 33.5 Å². The van der Waals surface area contributed by atoms with Gasteiger partial charge < -0.3 is 13.9 Å². The van der Waals surface area contributed by atoms with Crippen LogP contribution >= 0.6 is 11.6 Å². The highest BCUT2D eigenvalue weighted by atomic mass is 35.5. The molecule has 0 atom stereocenters. The minimum Gasteiger partial charge on any atom is -0.490 e. The van der Waals surface area contributed by atoms with Gasteiger partial charge in [0.05, 0.1) is 28.6 Å². The van der Waals surface area contributed by atoms with Crippen LogP contribution in [-0.4, -0.2) is 27.4 Å². The Morgan fingerprint density at radius 3 is 2.64 bits per heavy atom. The molecule has 0 fully saturated rings. The summed E-state index contributed by atoms with van der Waals surface area (Å²) in [5.41, 5.74) is 0.996. The van der Waals surface area contributed by atoms with Crippen molar-refractivity contribution in [2.75, 3.05) is 6.61 Å². The number of aromatic nitrogens is 2. The second-order valence-electron chi connectivity index (χ2n) is 9.58. The van der Waals surface area contributed by atoms with Crippen molar-refractivity contribution in [3.8, 4) is 23.1 Å². The van der Waals surface area contributed by atoms with Crippen molar-refractivity contribution in [2.45, 2.75) is 13.5 Å². The molecule has 6 aromatic rings. The van der Waals surface area contributed by atoms with Crippen molar-refractivity contribution in [3.63, 3.8) is 0 Å². The first-order valence-corrected chi connectivity index (χ1v) is 13.8. The summed E-state index contributed by atoms with van der Waals surface area (Å²) < 4.78 is 31.9. The SMILES string of the molecule is CCOc1cc(C=Nn2c(-c3cc4cc(Cl)ccc4o3)nc3ccccc3c2=O)cc([N+](=O)[O-])c1OCc1ccc(F)cc1. The summed E-state index contributed by atoms with van der Waals surface area (Å²) in [5, 5.41) is 18.0. The fraction of sp³-hybridized carbons (Fsp3) is 0.0938. The summed E-state index contributed by atoms with van der Waals surface area (Å²) in [6.07, 6.45) is 1.29. The first-order chi connectivity index (χ1) is 21.3. The minimum atomic E-state index is -0.603. The van der Waals surface area contributed by atoms with Crippen LogP contribution in [0.3, 0.4) is 0 Å². The normalized spacial score (nSPS) is 11.4. The van der Waals surface area contributed by atoms with E-state index in [0.29, 0.717) is 32.5 Å². The highest BCUT2D eigenvalue weighted by molar-refractivity contribution is 6.31. The van der Waals surface area contributed by atoms with Gasteiger partial charge in [0, 0.05) is 22.0 Å². The number of rotatable bonds is 9. The second-order valence-corrected chi connectivity index (χ2v) is 10.0. The Kier molecular flexibility index (Phi) is 7.78. The Labute approximate surface area is 253 Å². The van der Waals surface area contributed by atoms with Crippen LogP contribution in [0, 0.1) is 15.9 Å². The van der Waals surface area contributed by atoms with Crippen LogP contribution in [0.1, 0.15) is 18.1 Å². The maximum absolute atomic E-state index is 13.6. The number of nitro benzene ring substituents is 1. The summed E-state index contributed by atoms with van der Waals surface area (Å²) in [7, 11) is 0. The number of nitrogens with zero attached hydrogens (tertiary/aromatic N) is 4. The van der Waals surface area contributed by atoms with E-state index in [2.05, 4.69) is 10.1 Å². The third-order valence-corrected chi connectivity index (χ3v) is 6.86. The molecule has 4 aromatic carbocycles. The molecular formula is C32H22ClFN4O6. The van der Waals surface area contributed by atoms with E-state index in [1.54, 1.807) is 55.5 Å². The number of nitro groups is 1. The quantitative estimate of drug-likeness (QED) is 0.0949. The summed E-state index contributed by atoms with van der Waals surface area (Å²) in [5.74, 6) is -0.0102. The maximum atomic E-state index is 13.6. The number of fused-ring (bicyclic) bond motifs is 2. The monoisotopic (exact) mass is 612 g/mol. The number of benzene rings is 4. The standard InChI is InChI=1S/C32H22ClFN4O6/c1-2-42-28-14-20(13-26(38(40)41)30(28)43-18-19-7-10-23(34)11-8-19)17-35-37-31(36-25-6-4-3-5-24(25)32(37)39)29-16-21-15-22(33)9-12-27(21)44-29/h3-17H,2,18H2,1H3. The first kappa shape index (κ1) is 28.6. The average molecular weight is 613 g/mol. The van der Waals surface area contributed by atoms with Crippen molar-refractivity contribution >= 4 is 45.4 Å². The molecule has 6 rings (SSSR count). The lowest BCUT2D eigenvalue weighted by Crippen LogP contribution is -2.20. The summed E-state index contributed by atoms with van der Waals surface area (Å²) in [4.78, 5) is 29.8. The fourth-order valence-corrected chi connectivity index (χ4v) is 4.78. The van der Waals surface area contributed by atoms with Gasteiger partial charge in [-0.2, -0.15) is 9.78 Å². The van der Waals surface area contributed by atoms with E-state index >= 15 is 0 Å². The lowest BCUT2D eigenvalue weighted by Gasteiger charge is -2.13. The van der Waals surface area contributed by atoms with Crippen LogP contribution in [0.5, 0.6) is 11.5 Å². The molecule has 0 amide bonds. The fourth-order valence-electron chi connectivity index (χ4n) is 4.60. The van der Waals surface area contributed by atoms with E-state index in [9.17, 15) is 19.3 Å². The molecule has 0 aliphatic carbocycles. The van der Waals surface area contributed by atoms with Gasteiger partial charge in [0.1, 0.15) is 18.0 Å². The van der Waals surface area contributed by atoms with Gasteiger partial charge in [-0.3, -0.25) is 14.9 Å². The number of ether oxygens (including phenoxy) is 2. The van der Waals surface area contributed by atoms with Gasteiger partial charge in [-0.05, 0) is 67.1 Å². The molecule has 0 aliphatic heterocycles. The van der Waals surface area contributed by atoms with E-state index in [4.69, 9.17) is 25.5 Å². The van der Waals surface area contributed by atoms with Gasteiger partial charge in [-0.15, -0.1) is 0 Å². The van der Waals surface area contributed by atoms with Crippen molar-refractivity contribution in [1.82, 2.24) is 9.66 Å². The molecule has 0 aliphatic rings. The number of hydrogen-bond acceptors (Lipinski definition) is 8. The minimum absolute atomic E-state index is 0.0567. The second kappa shape index (κ2) is 12.0. The molecule has 44 heavy (non-hydrogen) atoms. The molecule has 0 N–H and O–H groups in total. The maximum Gasteiger partial charge on any atom is 0.315 e. The zero-order valence-corrected chi connectivity index (χ0v) is 23.8. The van der Waals surface area contributed by atoms with Gasteiger partial charge in [-0.1, -0.05) is 35.9 Å². The van der Waals surface area contributed by atoms with Crippen molar-refractivity contribution in [2.24, 2.45) is 5.10 Å². The summed E-state index contributed by atoms with van der Waals surface area (Å²) in [6.45, 7) is 1.86. The van der Waals surface area contributed by atoms with Gasteiger partial charge in [0.25, 0.3) is 5.56 Å². The smallest absolute Gasteiger partial charge is 0.315 e. The van der Waals surface area contributed by atoms with Crippen LogP contribution < -0.4 is 15.0 Å². The van der Waals surface area contributed by atoms with E-state index in [-0.39, 0.29) is 47.5 Å². The predicted molar refractivity (Wildman–Crippen MR) is 164 cm³/mol. The molecule has 0 spiro atoms. The zero-order valence-electron chi connectivity index (χ0n) is 23.1. The molecule has 0 radical (unpaired) electrons. The molecule has 12 heteroatoms. The highest BCUT2D eigenvalue weighted by Crippen LogP contribution is 2.39. The lowest BCUT2D eigenvalue weighted by atomic mass is 10.1. The Bertz CT molecular complexity index is 2120. The van der Waals surface area contributed by atoms with E-state index < -0.39 is 16.3 Å². The van der Waals surface area contributed by atoms with Crippen LogP contribution in [-0.2, 0) is 6.61 Å². The number of furan rings is 1. The molecule has 0 unspecified atom stereocenters. The van der Waals surface area contributed by atoms with E-state index in [1.807, 2.05) is 0 Å². The number of hydrogen-bond donors (Lipinski definition) is 0. The Hall–Kier alpha value is -5.55. The van der Waals surface area contributed by atoms with E-state index in [0.717, 1.165) is 4.68 Å². The van der Waals surface area contributed by atoms with E-state index in [1.165, 1.54) is 42.6 Å². The van der Waals surface area contributed by atoms with Gasteiger partial charge >= 0.3 is 5.69 Å². The zero-order chi connectivity index (χ0) is 30.8. The largest absolute Gasteiger partial charge is 0.490 e. The molecule has 0 saturated carbocycles. The first-order valence-electron chi connectivity index (χ1n) is 13.4. The topological polar surface area (TPSA) is 122 Å². The van der Waals surface area contributed by atoms with Crippen LogP contribution in [0.15, 0.2) is 99.2 Å². The van der Waals surface area contributed by atoms with Gasteiger partial charge in [-0.25, -0.2) is 9.37 Å². The average Bonchev–Trinajstić information content (AvgIpc) is 3.44. The van der Waals surface area contributed by atoms with Crippen LogP contribution in [0.2, 0.25) is 5.02 Å². The summed E-state index contributed by atoms with van der Waals surface area (Å²) >= 11 is 6.15. The van der Waals surface area contributed by atoms with Gasteiger partial charge in [0.15, 0.2) is 11.5 Å². The third-order valence-electron chi connectivity index (χ3n) is 6.63. The van der Waals surface area contributed by atoms with Crippen molar-refractivity contribution < 1.29 is 23.2 Å². The number of halogens is 2. The lowest BCUT2D eigenvalue weighted by molar-refractivity contribution is -0.386. The highest BCUT2D eigenvalue weighted by Gasteiger charge is 2.23. The predicted octanol–water partition coefficient (Wildman–Crippen LogP) is 7.37. The van der Waals surface area contributed by atoms with Crippen LogP contribution in [0.4, 0.5) is 10.1 Å². The molecule has 2 aromatic heterocycles. The third kappa shape index (κ3) is 5.72. The number of para-hydroxylation sites is 1. The summed E-state index contributed by atoms with van der Waals surface area (Å²) in [6, 6.07) is 22.0. The Balaban J connectivity index is 1.44. The van der Waals surface area contributed by atoms with Crippen molar-refractivity contribution in [3.05, 3.63) is 127 Å². The molecule has 0 saturated heterocycles. The Morgan fingerprint density at radius 2 is 1.86 bits per heavy atom. The molecule has 220 valence electrons. The molecule has 10 nitrogen and oxygen atoms in total. The van der Waals surface area contributed by atoms with Gasteiger partial charge in [0.2, 0.25) is 11.6 Å². The Morgan fingerprint density at radius 1 is 1.07 bits per heavy atom. The molecule has 0 bridgehead atoms. The van der Waals surface area contributed by atoms with Crippen molar-refractivity contribution in [1.29, 1.82) is 0 Å². The molecule has 2 heterocycles.